The lowest BCUT2D eigenvalue weighted by Crippen LogP contribution is -1.89. The summed E-state index contributed by atoms with van der Waals surface area (Å²) < 4.78 is 25.6. The Hall–Kier alpha value is -0.920. The molecule has 64 valence electrons. The maximum absolute atomic E-state index is 13.1. The first kappa shape index (κ1) is 7.71. The first-order chi connectivity index (χ1) is 5.68. The average molecular weight is 168 g/mol. The minimum Gasteiger partial charge on any atom is -0.207 e. The Balaban J connectivity index is 2.33. The van der Waals surface area contributed by atoms with Crippen LogP contribution in [0.5, 0.6) is 0 Å². The quantitative estimate of drug-likeness (QED) is 0.604. The van der Waals surface area contributed by atoms with E-state index >= 15 is 0 Å². The van der Waals surface area contributed by atoms with Crippen LogP contribution in [0.2, 0.25) is 0 Å². The van der Waals surface area contributed by atoms with Gasteiger partial charge in [-0.05, 0) is 29.9 Å². The summed E-state index contributed by atoms with van der Waals surface area (Å²) in [6.07, 6.45) is 1.03. The second-order valence-electron chi connectivity index (χ2n) is 3.49. The van der Waals surface area contributed by atoms with E-state index in [1.807, 2.05) is 0 Å². The summed E-state index contributed by atoms with van der Waals surface area (Å²) in [4.78, 5) is 0. The van der Waals surface area contributed by atoms with Gasteiger partial charge in [-0.2, -0.15) is 0 Å². The Labute approximate surface area is 70.2 Å². The summed E-state index contributed by atoms with van der Waals surface area (Å²) in [5.41, 5.74) is 0.670. The maximum atomic E-state index is 13.1. The second kappa shape index (κ2) is 2.54. The predicted octanol–water partition coefficient (Wildman–Crippen LogP) is 3.09. The van der Waals surface area contributed by atoms with E-state index in [0.717, 1.165) is 12.5 Å². The minimum absolute atomic E-state index is 0.325. The normalized spacial score (nSPS) is 27.2. The molecule has 1 aliphatic rings. The molecule has 12 heavy (non-hydrogen) atoms. The molecule has 2 atom stereocenters. The highest BCUT2D eigenvalue weighted by molar-refractivity contribution is 5.27. The monoisotopic (exact) mass is 168 g/mol. The molecule has 0 saturated heterocycles. The molecule has 0 unspecified atom stereocenters. The van der Waals surface area contributed by atoms with Gasteiger partial charge in [-0.1, -0.05) is 13.0 Å². The molecule has 1 aromatic carbocycles. The molecule has 1 saturated carbocycles. The molecular weight excluding hydrogens is 158 g/mol. The highest BCUT2D eigenvalue weighted by atomic mass is 19.1. The molecule has 0 nitrogen and oxygen atoms in total. The van der Waals surface area contributed by atoms with E-state index in [4.69, 9.17) is 0 Å². The Kier molecular flexibility index (Phi) is 1.63. The molecule has 1 fully saturated rings. The Bertz CT molecular complexity index is 307. The topological polar surface area (TPSA) is 0 Å². The molecule has 0 aliphatic heterocycles. The number of hydrogen-bond donors (Lipinski definition) is 0. The third-order valence-corrected chi connectivity index (χ3v) is 2.47. The smallest absolute Gasteiger partial charge is 0.129 e. The standard InChI is InChI=1S/C10H10F2/c1-6-4-9(6)8-3-2-7(11)5-10(8)12/h2-3,5-6,9H,4H2,1H3/t6-,9-/m1/s1. The maximum Gasteiger partial charge on any atom is 0.129 e. The number of rotatable bonds is 1. The molecule has 0 spiro atoms. The lowest BCUT2D eigenvalue weighted by Gasteiger charge is -1.99. The zero-order valence-electron chi connectivity index (χ0n) is 6.85. The van der Waals surface area contributed by atoms with Crippen LogP contribution >= 0.6 is 0 Å². The molecule has 0 aromatic heterocycles. The molecule has 1 aromatic rings. The van der Waals surface area contributed by atoms with Crippen LogP contribution in [0.15, 0.2) is 18.2 Å². The number of hydrogen-bond acceptors (Lipinski definition) is 0. The van der Waals surface area contributed by atoms with Gasteiger partial charge in [0.15, 0.2) is 0 Å². The van der Waals surface area contributed by atoms with Crippen molar-refractivity contribution < 1.29 is 8.78 Å². The first-order valence-electron chi connectivity index (χ1n) is 4.13. The van der Waals surface area contributed by atoms with E-state index in [-0.39, 0.29) is 0 Å². The van der Waals surface area contributed by atoms with Gasteiger partial charge in [0.1, 0.15) is 11.6 Å². The summed E-state index contributed by atoms with van der Waals surface area (Å²) in [7, 11) is 0. The van der Waals surface area contributed by atoms with Crippen molar-refractivity contribution in [1.82, 2.24) is 0 Å². The van der Waals surface area contributed by atoms with E-state index in [1.54, 1.807) is 6.07 Å². The fourth-order valence-corrected chi connectivity index (χ4v) is 1.56. The SMILES string of the molecule is C[C@@H]1C[C@H]1c1ccc(F)cc1F. The van der Waals surface area contributed by atoms with Crippen molar-refractivity contribution in [2.75, 3.05) is 0 Å². The predicted molar refractivity (Wildman–Crippen MR) is 42.9 cm³/mol. The van der Waals surface area contributed by atoms with Crippen molar-refractivity contribution in [3.8, 4) is 0 Å². The third-order valence-electron chi connectivity index (χ3n) is 2.47. The Morgan fingerprint density at radius 2 is 2.00 bits per heavy atom. The van der Waals surface area contributed by atoms with Gasteiger partial charge in [-0.25, -0.2) is 8.78 Å². The fourth-order valence-electron chi connectivity index (χ4n) is 1.56. The largest absolute Gasteiger partial charge is 0.207 e. The van der Waals surface area contributed by atoms with Crippen LogP contribution in [0.3, 0.4) is 0 Å². The molecule has 1 aliphatic carbocycles. The molecule has 0 amide bonds. The van der Waals surface area contributed by atoms with Crippen LogP contribution in [0, 0.1) is 17.6 Å². The summed E-state index contributed by atoms with van der Waals surface area (Å²) in [5.74, 6) is -0.00976. The highest BCUT2D eigenvalue weighted by Gasteiger charge is 2.35. The summed E-state index contributed by atoms with van der Waals surface area (Å²) >= 11 is 0. The molecule has 2 heteroatoms. The lowest BCUT2D eigenvalue weighted by atomic mass is 10.1. The van der Waals surface area contributed by atoms with Crippen molar-refractivity contribution in [2.24, 2.45) is 5.92 Å². The lowest BCUT2D eigenvalue weighted by molar-refractivity contribution is 0.571. The van der Waals surface area contributed by atoms with Crippen LogP contribution in [0.1, 0.15) is 24.8 Å². The molecular formula is C10H10F2. The van der Waals surface area contributed by atoms with Crippen molar-refractivity contribution in [1.29, 1.82) is 0 Å². The zero-order valence-corrected chi connectivity index (χ0v) is 6.85. The second-order valence-corrected chi connectivity index (χ2v) is 3.49. The van der Waals surface area contributed by atoms with Gasteiger partial charge in [0.05, 0.1) is 0 Å². The van der Waals surface area contributed by atoms with Gasteiger partial charge in [-0.3, -0.25) is 0 Å². The van der Waals surface area contributed by atoms with Crippen LogP contribution < -0.4 is 0 Å². The molecule has 0 bridgehead atoms. The average Bonchev–Trinajstić information content (AvgIpc) is 2.66. The Morgan fingerprint density at radius 3 is 2.50 bits per heavy atom. The fraction of sp³-hybridized carbons (Fsp3) is 0.400. The first-order valence-corrected chi connectivity index (χ1v) is 4.13. The van der Waals surface area contributed by atoms with Gasteiger partial charge in [0, 0.05) is 6.07 Å². The van der Waals surface area contributed by atoms with Crippen molar-refractivity contribution in [3.05, 3.63) is 35.4 Å². The van der Waals surface area contributed by atoms with Crippen LogP contribution in [-0.4, -0.2) is 0 Å². The van der Waals surface area contributed by atoms with E-state index < -0.39 is 11.6 Å². The molecule has 2 rings (SSSR count). The van der Waals surface area contributed by atoms with Crippen LogP contribution in [0.4, 0.5) is 8.78 Å². The van der Waals surface area contributed by atoms with Gasteiger partial charge in [-0.15, -0.1) is 0 Å². The summed E-state index contributed by atoms with van der Waals surface area (Å²) in [6, 6.07) is 3.84. The number of halogens is 2. The van der Waals surface area contributed by atoms with E-state index in [2.05, 4.69) is 6.92 Å². The minimum atomic E-state index is -0.496. The van der Waals surface area contributed by atoms with Gasteiger partial charge >= 0.3 is 0 Å². The number of benzene rings is 1. The van der Waals surface area contributed by atoms with Crippen molar-refractivity contribution in [3.63, 3.8) is 0 Å². The van der Waals surface area contributed by atoms with Gasteiger partial charge in [0.25, 0.3) is 0 Å². The van der Waals surface area contributed by atoms with Crippen molar-refractivity contribution in [2.45, 2.75) is 19.3 Å². The van der Waals surface area contributed by atoms with E-state index in [1.165, 1.54) is 6.07 Å². The van der Waals surface area contributed by atoms with Gasteiger partial charge < -0.3 is 0 Å². The van der Waals surface area contributed by atoms with Crippen LogP contribution in [-0.2, 0) is 0 Å². The van der Waals surface area contributed by atoms with E-state index in [9.17, 15) is 8.78 Å². The van der Waals surface area contributed by atoms with E-state index in [0.29, 0.717) is 17.4 Å². The summed E-state index contributed by atoms with van der Waals surface area (Å²) in [5, 5.41) is 0. The molecule has 0 radical (unpaired) electrons. The van der Waals surface area contributed by atoms with Gasteiger partial charge in [0.2, 0.25) is 0 Å². The third kappa shape index (κ3) is 1.22. The van der Waals surface area contributed by atoms with Crippen molar-refractivity contribution >= 4 is 0 Å². The van der Waals surface area contributed by atoms with Crippen LogP contribution in [0.25, 0.3) is 0 Å². The Morgan fingerprint density at radius 1 is 1.33 bits per heavy atom. The highest BCUT2D eigenvalue weighted by Crippen LogP contribution is 2.47. The zero-order chi connectivity index (χ0) is 8.72. The molecule has 0 N–H and O–H groups in total. The molecule has 0 heterocycles. The summed E-state index contributed by atoms with van der Waals surface area (Å²) in [6.45, 7) is 2.08.